The van der Waals surface area contributed by atoms with E-state index in [0.29, 0.717) is 13.2 Å². The van der Waals surface area contributed by atoms with E-state index in [9.17, 15) is 14.4 Å². The second-order valence-electron chi connectivity index (χ2n) is 9.23. The molecule has 0 unspecified atom stereocenters. The van der Waals surface area contributed by atoms with Gasteiger partial charge in [0, 0.05) is 17.9 Å². The van der Waals surface area contributed by atoms with Crippen molar-refractivity contribution in [1.82, 2.24) is 0 Å². The van der Waals surface area contributed by atoms with Crippen LogP contribution in [-0.4, -0.2) is 46.0 Å². The lowest BCUT2D eigenvalue weighted by Gasteiger charge is -2.20. The Labute approximate surface area is 233 Å². The van der Waals surface area contributed by atoms with Crippen LogP contribution in [0.5, 0.6) is 17.2 Å². The predicted octanol–water partition coefficient (Wildman–Crippen LogP) is 6.56. The first-order valence-corrected chi connectivity index (χ1v) is 13.5. The van der Waals surface area contributed by atoms with Crippen LogP contribution in [0.25, 0.3) is 0 Å². The van der Waals surface area contributed by atoms with Crippen LogP contribution in [0.2, 0.25) is 0 Å². The van der Waals surface area contributed by atoms with E-state index in [4.69, 9.17) is 18.9 Å². The maximum absolute atomic E-state index is 10.8. The number of carbonyl (C=O) groups is 3. The van der Waals surface area contributed by atoms with E-state index < -0.39 is 0 Å². The molecule has 7 nitrogen and oxygen atoms in total. The number of carbonyl (C=O) groups excluding carboxylic acids is 3. The van der Waals surface area contributed by atoms with Gasteiger partial charge in [-0.1, -0.05) is 24.8 Å². The predicted molar refractivity (Wildman–Crippen MR) is 153 cm³/mol. The number of unbranched alkanes of at least 4 members (excludes halogenated alkanes) is 3. The van der Waals surface area contributed by atoms with E-state index >= 15 is 0 Å². The van der Waals surface area contributed by atoms with Crippen LogP contribution in [-0.2, 0) is 19.1 Å². The molecule has 1 fully saturated rings. The minimum absolute atomic E-state index is 0.233. The van der Waals surface area contributed by atoms with Gasteiger partial charge < -0.3 is 28.5 Å². The van der Waals surface area contributed by atoms with Crippen molar-refractivity contribution >= 4 is 18.5 Å². The molecule has 7 heteroatoms. The molecule has 1 aliphatic carbocycles. The Morgan fingerprint density at radius 1 is 0.795 bits per heavy atom. The van der Waals surface area contributed by atoms with Gasteiger partial charge in [0.05, 0.1) is 27.4 Å². The molecule has 2 aromatic rings. The van der Waals surface area contributed by atoms with E-state index in [0.717, 1.165) is 81.2 Å². The summed E-state index contributed by atoms with van der Waals surface area (Å²) in [6, 6.07) is 15.5. The Morgan fingerprint density at radius 3 is 1.79 bits per heavy atom. The summed E-state index contributed by atoms with van der Waals surface area (Å²) in [5.74, 6) is 2.75. The van der Waals surface area contributed by atoms with Crippen LogP contribution in [0.3, 0.4) is 0 Å². The largest absolute Gasteiger partial charge is 0.497 e. The molecule has 1 saturated carbocycles. The smallest absolute Gasteiger partial charge is 0.330 e. The maximum atomic E-state index is 10.8. The molecular formula is C32H44O7. The molecule has 2 aromatic carbocycles. The fourth-order valence-electron chi connectivity index (χ4n) is 3.85. The Kier molecular flexibility index (Phi) is 18.3. The molecular weight excluding hydrogens is 496 g/mol. The Hall–Kier alpha value is -3.61. The standard InChI is InChI=1S/C16H22O4.C8H12O2.C8H10O/c1-3-16(17)20-13-7-5-4-6-12-19-15-10-8-14(18-2)9-11-15;9-5-7-1-2-8(6-10)4-3-7;1-7-5-3-4-6-8(7)9-2/h3,8-11H,1,4-7,12-13H2,2H3;5-8H,1-4H2;3-6H,1-2H3. The zero-order valence-electron chi connectivity index (χ0n) is 23.6. The third kappa shape index (κ3) is 15.4. The first kappa shape index (κ1) is 33.4. The highest BCUT2D eigenvalue weighted by atomic mass is 16.5. The number of methoxy groups -OCH3 is 2. The van der Waals surface area contributed by atoms with Crippen LogP contribution < -0.4 is 14.2 Å². The van der Waals surface area contributed by atoms with E-state index in [2.05, 4.69) is 6.58 Å². The van der Waals surface area contributed by atoms with Gasteiger partial charge in [0.2, 0.25) is 0 Å². The normalized spacial score (nSPS) is 15.7. The van der Waals surface area contributed by atoms with Gasteiger partial charge in [-0.25, -0.2) is 4.79 Å². The molecule has 3 rings (SSSR count). The summed E-state index contributed by atoms with van der Waals surface area (Å²) >= 11 is 0. The number of hydrogen-bond donors (Lipinski definition) is 0. The van der Waals surface area contributed by atoms with Gasteiger partial charge in [0.15, 0.2) is 0 Å². The van der Waals surface area contributed by atoms with Crippen molar-refractivity contribution in [2.45, 2.75) is 58.3 Å². The molecule has 39 heavy (non-hydrogen) atoms. The lowest BCUT2D eigenvalue weighted by molar-refractivity contribution is -0.137. The van der Waals surface area contributed by atoms with E-state index in [1.807, 2.05) is 55.5 Å². The number of para-hydroxylation sites is 1. The van der Waals surface area contributed by atoms with Gasteiger partial charge in [-0.15, -0.1) is 0 Å². The van der Waals surface area contributed by atoms with E-state index in [1.165, 1.54) is 11.6 Å². The van der Waals surface area contributed by atoms with Crippen LogP contribution in [0.15, 0.2) is 61.2 Å². The summed E-state index contributed by atoms with van der Waals surface area (Å²) in [5, 5.41) is 0. The number of aryl methyl sites for hydroxylation is 1. The minimum Gasteiger partial charge on any atom is -0.497 e. The van der Waals surface area contributed by atoms with Crippen molar-refractivity contribution in [3.05, 3.63) is 66.7 Å². The molecule has 214 valence electrons. The van der Waals surface area contributed by atoms with E-state index in [-0.39, 0.29) is 17.8 Å². The molecule has 0 N–H and O–H groups in total. The first-order valence-electron chi connectivity index (χ1n) is 13.5. The summed E-state index contributed by atoms with van der Waals surface area (Å²) in [5.41, 5.74) is 1.18. The van der Waals surface area contributed by atoms with Gasteiger partial charge in [0.25, 0.3) is 0 Å². The highest BCUT2D eigenvalue weighted by Crippen LogP contribution is 2.25. The molecule has 0 bridgehead atoms. The van der Waals surface area contributed by atoms with Gasteiger partial charge in [-0.3, -0.25) is 0 Å². The van der Waals surface area contributed by atoms with Gasteiger partial charge in [-0.2, -0.15) is 0 Å². The summed E-state index contributed by atoms with van der Waals surface area (Å²) in [4.78, 5) is 31.3. The average molecular weight is 541 g/mol. The quantitative estimate of drug-likeness (QED) is 0.123. The van der Waals surface area contributed by atoms with Crippen molar-refractivity contribution in [3.8, 4) is 17.2 Å². The Bertz CT molecular complexity index is 931. The summed E-state index contributed by atoms with van der Waals surface area (Å²) < 4.78 is 20.6. The Morgan fingerprint density at radius 2 is 1.33 bits per heavy atom. The van der Waals surface area contributed by atoms with Crippen LogP contribution in [0.4, 0.5) is 0 Å². The van der Waals surface area contributed by atoms with Crippen molar-refractivity contribution in [2.75, 3.05) is 27.4 Å². The summed E-state index contributed by atoms with van der Waals surface area (Å²) in [6.07, 6.45) is 10.8. The third-order valence-electron chi connectivity index (χ3n) is 6.29. The first-order chi connectivity index (χ1) is 19.0. The van der Waals surface area contributed by atoms with Crippen molar-refractivity contribution in [1.29, 1.82) is 0 Å². The fourth-order valence-corrected chi connectivity index (χ4v) is 3.85. The summed E-state index contributed by atoms with van der Waals surface area (Å²) in [6.45, 7) is 6.52. The third-order valence-corrected chi connectivity index (χ3v) is 6.29. The summed E-state index contributed by atoms with van der Waals surface area (Å²) in [7, 11) is 3.32. The zero-order chi connectivity index (χ0) is 28.7. The number of hydrogen-bond acceptors (Lipinski definition) is 7. The minimum atomic E-state index is -0.354. The lowest BCUT2D eigenvalue weighted by Crippen LogP contribution is -2.15. The number of ether oxygens (including phenoxy) is 4. The van der Waals surface area contributed by atoms with E-state index in [1.54, 1.807) is 14.2 Å². The molecule has 0 radical (unpaired) electrons. The van der Waals surface area contributed by atoms with Crippen molar-refractivity contribution < 1.29 is 33.3 Å². The second-order valence-corrected chi connectivity index (χ2v) is 9.23. The molecule has 0 atom stereocenters. The van der Waals surface area contributed by atoms with Gasteiger partial charge in [0.1, 0.15) is 29.8 Å². The Balaban J connectivity index is 0.000000331. The highest BCUT2D eigenvalue weighted by Gasteiger charge is 2.19. The fraction of sp³-hybridized carbons (Fsp3) is 0.469. The zero-order valence-corrected chi connectivity index (χ0v) is 23.6. The number of esters is 1. The molecule has 1 aliphatic rings. The SMILES string of the molecule is C=CC(=O)OCCCCCCOc1ccc(OC)cc1.COc1ccccc1C.O=CC1CCC(C=O)CC1. The highest BCUT2D eigenvalue weighted by molar-refractivity contribution is 5.81. The average Bonchev–Trinajstić information content (AvgIpc) is 2.99. The topological polar surface area (TPSA) is 88.1 Å². The van der Waals surface area contributed by atoms with Gasteiger partial charge in [-0.05, 0) is 94.2 Å². The number of benzene rings is 2. The van der Waals surface area contributed by atoms with Crippen LogP contribution in [0, 0.1) is 18.8 Å². The van der Waals surface area contributed by atoms with Crippen LogP contribution >= 0.6 is 0 Å². The lowest BCUT2D eigenvalue weighted by atomic mass is 9.84. The molecule has 0 heterocycles. The molecule has 0 aromatic heterocycles. The number of aldehydes is 2. The molecule has 0 saturated heterocycles. The van der Waals surface area contributed by atoms with Crippen LogP contribution in [0.1, 0.15) is 56.9 Å². The number of rotatable bonds is 13. The van der Waals surface area contributed by atoms with Crippen molar-refractivity contribution in [2.24, 2.45) is 11.8 Å². The van der Waals surface area contributed by atoms with Gasteiger partial charge >= 0.3 is 5.97 Å². The maximum Gasteiger partial charge on any atom is 0.330 e. The molecule has 0 spiro atoms. The molecule has 0 amide bonds. The van der Waals surface area contributed by atoms with Crippen molar-refractivity contribution in [3.63, 3.8) is 0 Å². The molecule has 0 aliphatic heterocycles. The monoisotopic (exact) mass is 540 g/mol. The second kappa shape index (κ2) is 21.3.